The Balaban J connectivity index is 1.28. The summed E-state index contributed by atoms with van der Waals surface area (Å²) in [5.41, 5.74) is 6.14. The molecule has 4 nitrogen and oxygen atoms in total. The predicted molar refractivity (Wildman–Crippen MR) is 159 cm³/mol. The third kappa shape index (κ3) is 5.94. The van der Waals surface area contributed by atoms with E-state index >= 15 is 0 Å². The number of likely N-dealkylation sites (tertiary alicyclic amines) is 1. The number of piperidine rings is 1. The molecule has 6 heteroatoms. The molecule has 1 aliphatic carbocycles. The van der Waals surface area contributed by atoms with Crippen LogP contribution >= 0.6 is 23.2 Å². The van der Waals surface area contributed by atoms with Crippen molar-refractivity contribution in [1.82, 2.24) is 9.80 Å². The number of carbonyl (C=O) groups is 2. The van der Waals surface area contributed by atoms with Crippen LogP contribution in [0.4, 0.5) is 0 Å². The highest BCUT2D eigenvalue weighted by Gasteiger charge is 2.44. The number of Topliss-reactive ketones (excluding diaryl/α,β-unsaturated/α-hetero) is 1. The summed E-state index contributed by atoms with van der Waals surface area (Å²) >= 11 is 12.6. The van der Waals surface area contributed by atoms with Crippen LogP contribution in [-0.4, -0.2) is 54.7 Å². The van der Waals surface area contributed by atoms with E-state index in [-0.39, 0.29) is 23.0 Å². The van der Waals surface area contributed by atoms with E-state index in [1.165, 1.54) is 5.56 Å². The van der Waals surface area contributed by atoms with Gasteiger partial charge in [-0.1, -0.05) is 70.7 Å². The third-order valence-electron chi connectivity index (χ3n) is 8.63. The number of hydrogen-bond donors (Lipinski definition) is 0. The standard InChI is InChI=1S/C33H36Cl2N2O2/c1-22-16-23(2)18-26(17-22)32(39)36(3)21-25(24-8-9-29(34)30(35)19-24)10-13-37-14-11-33(12-15-37)20-31(38)27-6-4-5-7-28(27)33/h4-9,16-19,25H,10-15,20-21H2,1-3H3/t25-/m1/s1. The molecular weight excluding hydrogens is 527 g/mol. The first-order chi connectivity index (χ1) is 18.6. The highest BCUT2D eigenvalue weighted by atomic mass is 35.5. The van der Waals surface area contributed by atoms with Gasteiger partial charge in [-0.25, -0.2) is 0 Å². The number of rotatable bonds is 7. The summed E-state index contributed by atoms with van der Waals surface area (Å²) in [7, 11) is 1.88. The van der Waals surface area contributed by atoms with Crippen LogP contribution in [0.15, 0.2) is 60.7 Å². The zero-order chi connectivity index (χ0) is 27.7. The van der Waals surface area contributed by atoms with Crippen LogP contribution in [0.25, 0.3) is 0 Å². The summed E-state index contributed by atoms with van der Waals surface area (Å²) in [6.45, 7) is 7.47. The third-order valence-corrected chi connectivity index (χ3v) is 9.37. The number of ketones is 1. The fraction of sp³-hybridized carbons (Fsp3) is 0.394. The molecule has 0 N–H and O–H groups in total. The monoisotopic (exact) mass is 562 g/mol. The molecule has 1 fully saturated rings. The van der Waals surface area contributed by atoms with Crippen molar-refractivity contribution >= 4 is 34.9 Å². The molecule has 39 heavy (non-hydrogen) atoms. The topological polar surface area (TPSA) is 40.6 Å². The molecule has 5 rings (SSSR count). The fourth-order valence-corrected chi connectivity index (χ4v) is 6.84. The number of halogens is 2. The lowest BCUT2D eigenvalue weighted by atomic mass is 9.73. The summed E-state index contributed by atoms with van der Waals surface area (Å²) < 4.78 is 0. The first kappa shape index (κ1) is 27.9. The van der Waals surface area contributed by atoms with Gasteiger partial charge in [-0.05, 0) is 88.1 Å². The number of fused-ring (bicyclic) bond motifs is 2. The number of benzene rings is 3. The van der Waals surface area contributed by atoms with Gasteiger partial charge in [0.1, 0.15) is 0 Å². The maximum atomic E-state index is 13.4. The average molecular weight is 564 g/mol. The molecule has 0 unspecified atom stereocenters. The summed E-state index contributed by atoms with van der Waals surface area (Å²) in [6.07, 6.45) is 3.53. The number of carbonyl (C=O) groups excluding carboxylic acids is 2. The SMILES string of the molecule is Cc1cc(C)cc(C(=O)N(C)C[C@@H](CCN2CCC3(CC2)CC(=O)c2ccccc23)c2ccc(Cl)c(Cl)c2)c1. The first-order valence-corrected chi connectivity index (χ1v) is 14.5. The second-order valence-corrected chi connectivity index (χ2v) is 12.3. The molecule has 1 heterocycles. The van der Waals surface area contributed by atoms with Crippen LogP contribution < -0.4 is 0 Å². The van der Waals surface area contributed by atoms with E-state index in [1.807, 2.05) is 68.3 Å². The Morgan fingerprint density at radius 1 is 0.974 bits per heavy atom. The van der Waals surface area contributed by atoms with Gasteiger partial charge >= 0.3 is 0 Å². The van der Waals surface area contributed by atoms with Crippen molar-refractivity contribution in [2.75, 3.05) is 33.2 Å². The van der Waals surface area contributed by atoms with Crippen LogP contribution in [0.5, 0.6) is 0 Å². The van der Waals surface area contributed by atoms with Gasteiger partial charge in [-0.3, -0.25) is 9.59 Å². The average Bonchev–Trinajstić information content (AvgIpc) is 3.19. The summed E-state index contributed by atoms with van der Waals surface area (Å²) in [5, 5.41) is 1.07. The number of nitrogens with zero attached hydrogens (tertiary/aromatic N) is 2. The highest BCUT2D eigenvalue weighted by Crippen LogP contribution is 2.46. The maximum Gasteiger partial charge on any atom is 0.253 e. The molecule has 0 radical (unpaired) electrons. The van der Waals surface area contributed by atoms with Crippen LogP contribution in [-0.2, 0) is 5.41 Å². The van der Waals surface area contributed by atoms with Crippen molar-refractivity contribution in [3.8, 4) is 0 Å². The Bertz CT molecular complexity index is 1370. The minimum absolute atomic E-state index is 0.00807. The Kier molecular flexibility index (Phi) is 8.19. The molecule has 0 bridgehead atoms. The van der Waals surface area contributed by atoms with E-state index < -0.39 is 0 Å². The van der Waals surface area contributed by atoms with E-state index in [2.05, 4.69) is 23.1 Å². The Morgan fingerprint density at radius 3 is 2.36 bits per heavy atom. The van der Waals surface area contributed by atoms with E-state index in [1.54, 1.807) is 0 Å². The van der Waals surface area contributed by atoms with E-state index in [0.29, 0.717) is 23.0 Å². The van der Waals surface area contributed by atoms with Crippen molar-refractivity contribution in [2.45, 2.75) is 50.9 Å². The molecule has 1 spiro atoms. The van der Waals surface area contributed by atoms with Crippen LogP contribution in [0.3, 0.4) is 0 Å². The van der Waals surface area contributed by atoms with Gasteiger partial charge < -0.3 is 9.80 Å². The second kappa shape index (κ2) is 11.4. The lowest BCUT2D eigenvalue weighted by molar-refractivity contribution is 0.0778. The highest BCUT2D eigenvalue weighted by molar-refractivity contribution is 6.42. The molecule has 1 saturated heterocycles. The van der Waals surface area contributed by atoms with Gasteiger partial charge in [0.2, 0.25) is 0 Å². The predicted octanol–water partition coefficient (Wildman–Crippen LogP) is 7.48. The van der Waals surface area contributed by atoms with Gasteiger partial charge in [0.15, 0.2) is 5.78 Å². The molecule has 2 aliphatic rings. The molecule has 3 aromatic rings. The molecule has 3 aromatic carbocycles. The van der Waals surface area contributed by atoms with Gasteiger partial charge in [0.05, 0.1) is 10.0 Å². The molecule has 0 saturated carbocycles. The number of likely N-dealkylation sites (N-methyl/N-ethyl adjacent to an activating group) is 1. The van der Waals surface area contributed by atoms with Crippen LogP contribution in [0.1, 0.15) is 74.6 Å². The van der Waals surface area contributed by atoms with Gasteiger partial charge in [0.25, 0.3) is 5.91 Å². The summed E-state index contributed by atoms with van der Waals surface area (Å²) in [5.74, 6) is 0.427. The normalized spacial score (nSPS) is 17.3. The van der Waals surface area contributed by atoms with Crippen LogP contribution in [0, 0.1) is 13.8 Å². The van der Waals surface area contributed by atoms with Gasteiger partial charge in [0, 0.05) is 42.5 Å². The fourth-order valence-electron chi connectivity index (χ4n) is 6.54. The van der Waals surface area contributed by atoms with Crippen LogP contribution in [0.2, 0.25) is 10.0 Å². The molecule has 1 atom stereocenters. The van der Waals surface area contributed by atoms with E-state index in [9.17, 15) is 9.59 Å². The number of hydrogen-bond acceptors (Lipinski definition) is 3. The van der Waals surface area contributed by atoms with Crippen molar-refractivity contribution in [2.24, 2.45) is 0 Å². The van der Waals surface area contributed by atoms with Crippen molar-refractivity contribution in [1.29, 1.82) is 0 Å². The molecular formula is C33H36Cl2N2O2. The summed E-state index contributed by atoms with van der Waals surface area (Å²) in [4.78, 5) is 30.4. The van der Waals surface area contributed by atoms with Gasteiger partial charge in [-0.2, -0.15) is 0 Å². The Morgan fingerprint density at radius 2 is 1.67 bits per heavy atom. The minimum atomic E-state index is -0.00807. The number of aryl methyl sites for hydroxylation is 2. The lowest BCUT2D eigenvalue weighted by Gasteiger charge is -2.40. The first-order valence-electron chi connectivity index (χ1n) is 13.8. The maximum absolute atomic E-state index is 13.4. The van der Waals surface area contributed by atoms with E-state index in [4.69, 9.17) is 23.2 Å². The minimum Gasteiger partial charge on any atom is -0.341 e. The Labute approximate surface area is 241 Å². The number of amides is 1. The Hall–Kier alpha value is -2.66. The van der Waals surface area contributed by atoms with Crippen molar-refractivity contribution in [3.63, 3.8) is 0 Å². The lowest BCUT2D eigenvalue weighted by Crippen LogP contribution is -2.42. The second-order valence-electron chi connectivity index (χ2n) is 11.5. The zero-order valence-corrected chi connectivity index (χ0v) is 24.5. The van der Waals surface area contributed by atoms with Crippen molar-refractivity contribution in [3.05, 3.63) is 104 Å². The summed E-state index contributed by atoms with van der Waals surface area (Å²) in [6, 6.07) is 20.0. The quantitative estimate of drug-likeness (QED) is 0.299. The molecule has 1 amide bonds. The van der Waals surface area contributed by atoms with E-state index in [0.717, 1.165) is 66.7 Å². The largest absolute Gasteiger partial charge is 0.341 e. The van der Waals surface area contributed by atoms with Gasteiger partial charge in [-0.15, -0.1) is 0 Å². The molecule has 204 valence electrons. The zero-order valence-electron chi connectivity index (χ0n) is 23.0. The van der Waals surface area contributed by atoms with Crippen molar-refractivity contribution < 1.29 is 9.59 Å². The smallest absolute Gasteiger partial charge is 0.253 e. The molecule has 1 aliphatic heterocycles. The molecule has 0 aromatic heterocycles.